The van der Waals surface area contributed by atoms with E-state index in [1.54, 1.807) is 19.2 Å². The van der Waals surface area contributed by atoms with Crippen LogP contribution < -0.4 is 10.1 Å². The summed E-state index contributed by atoms with van der Waals surface area (Å²) in [6, 6.07) is 14.2. The molecule has 0 aliphatic heterocycles. The molecule has 0 saturated heterocycles. The van der Waals surface area contributed by atoms with Gasteiger partial charge >= 0.3 is 0 Å². The summed E-state index contributed by atoms with van der Waals surface area (Å²) in [5.74, 6) is 0.967. The van der Waals surface area contributed by atoms with Crippen LogP contribution in [0.3, 0.4) is 0 Å². The topological polar surface area (TPSA) is 84.7 Å². The number of methoxy groups -OCH3 is 1. The second-order valence-corrected chi connectivity index (χ2v) is 7.41. The number of non-ortho nitro benzene ring substituents is 1. The summed E-state index contributed by atoms with van der Waals surface area (Å²) in [6.07, 6.45) is 0. The number of benzene rings is 2. The predicted molar refractivity (Wildman–Crippen MR) is 115 cm³/mol. The SMILES string of the molecule is CCN(CC)C(CNC(=O)CSc1ccc([N+](=O)[O-])cc1)c1cccc(OC)c1. The summed E-state index contributed by atoms with van der Waals surface area (Å²) >= 11 is 1.35. The van der Waals surface area contributed by atoms with E-state index in [4.69, 9.17) is 4.74 Å². The van der Waals surface area contributed by atoms with Crippen LogP contribution in [0.5, 0.6) is 5.75 Å². The van der Waals surface area contributed by atoms with Crippen LogP contribution in [0, 0.1) is 10.1 Å². The molecular weight excluding hydrogens is 390 g/mol. The number of hydrogen-bond acceptors (Lipinski definition) is 6. The zero-order chi connectivity index (χ0) is 21.2. The van der Waals surface area contributed by atoms with Gasteiger partial charge in [-0.15, -0.1) is 11.8 Å². The van der Waals surface area contributed by atoms with Gasteiger partial charge in [0.25, 0.3) is 5.69 Å². The molecular formula is C21H27N3O4S. The first-order valence-electron chi connectivity index (χ1n) is 9.50. The van der Waals surface area contributed by atoms with Crippen molar-refractivity contribution in [1.29, 1.82) is 0 Å². The predicted octanol–water partition coefficient (Wildman–Crippen LogP) is 3.89. The van der Waals surface area contributed by atoms with Crippen LogP contribution in [0.15, 0.2) is 53.4 Å². The molecule has 29 heavy (non-hydrogen) atoms. The van der Waals surface area contributed by atoms with Crippen molar-refractivity contribution in [2.24, 2.45) is 0 Å². The van der Waals surface area contributed by atoms with Gasteiger partial charge in [-0.2, -0.15) is 0 Å². The molecule has 8 heteroatoms. The van der Waals surface area contributed by atoms with Gasteiger partial charge in [-0.1, -0.05) is 26.0 Å². The monoisotopic (exact) mass is 417 g/mol. The Labute approximate surface area is 175 Å². The first-order valence-corrected chi connectivity index (χ1v) is 10.5. The number of nitro groups is 1. The molecule has 0 heterocycles. The third-order valence-corrected chi connectivity index (χ3v) is 5.65. The van der Waals surface area contributed by atoms with Crippen LogP contribution in [0.2, 0.25) is 0 Å². The lowest BCUT2D eigenvalue weighted by Crippen LogP contribution is -2.38. The van der Waals surface area contributed by atoms with Gasteiger partial charge in [0.05, 0.1) is 23.8 Å². The number of nitro benzene ring substituents is 1. The summed E-state index contributed by atoms with van der Waals surface area (Å²) in [5, 5.41) is 13.7. The van der Waals surface area contributed by atoms with Crippen LogP contribution in [-0.4, -0.2) is 48.2 Å². The molecule has 0 saturated carbocycles. The van der Waals surface area contributed by atoms with Gasteiger partial charge in [0.2, 0.25) is 5.91 Å². The van der Waals surface area contributed by atoms with Crippen molar-refractivity contribution in [2.45, 2.75) is 24.8 Å². The molecule has 0 spiro atoms. The number of rotatable bonds is 11. The Kier molecular flexibility index (Phi) is 8.95. The fraction of sp³-hybridized carbons (Fsp3) is 0.381. The van der Waals surface area contributed by atoms with E-state index in [0.29, 0.717) is 6.54 Å². The smallest absolute Gasteiger partial charge is 0.269 e. The molecule has 2 rings (SSSR count). The zero-order valence-corrected chi connectivity index (χ0v) is 17.8. The van der Waals surface area contributed by atoms with Crippen molar-refractivity contribution < 1.29 is 14.5 Å². The van der Waals surface area contributed by atoms with Crippen LogP contribution in [0.4, 0.5) is 5.69 Å². The molecule has 7 nitrogen and oxygen atoms in total. The quantitative estimate of drug-likeness (QED) is 0.339. The van der Waals surface area contributed by atoms with Crippen molar-refractivity contribution in [2.75, 3.05) is 32.5 Å². The summed E-state index contributed by atoms with van der Waals surface area (Å²) < 4.78 is 5.34. The Hall–Kier alpha value is -2.58. The highest BCUT2D eigenvalue weighted by Crippen LogP contribution is 2.24. The van der Waals surface area contributed by atoms with Crippen LogP contribution in [0.25, 0.3) is 0 Å². The number of hydrogen-bond donors (Lipinski definition) is 1. The van der Waals surface area contributed by atoms with Gasteiger partial charge < -0.3 is 10.1 Å². The summed E-state index contributed by atoms with van der Waals surface area (Å²) in [6.45, 7) is 6.43. The molecule has 1 unspecified atom stereocenters. The average Bonchev–Trinajstić information content (AvgIpc) is 2.75. The lowest BCUT2D eigenvalue weighted by Gasteiger charge is -2.30. The number of amides is 1. The molecule has 0 aliphatic rings. The molecule has 0 radical (unpaired) electrons. The van der Waals surface area contributed by atoms with E-state index in [-0.39, 0.29) is 23.4 Å². The minimum absolute atomic E-state index is 0.0409. The van der Waals surface area contributed by atoms with Crippen molar-refractivity contribution in [3.05, 3.63) is 64.2 Å². The maximum atomic E-state index is 12.4. The third kappa shape index (κ3) is 6.76. The summed E-state index contributed by atoms with van der Waals surface area (Å²) in [4.78, 5) is 25.7. The maximum absolute atomic E-state index is 12.4. The molecule has 1 atom stereocenters. The number of ether oxygens (including phenoxy) is 1. The minimum Gasteiger partial charge on any atom is -0.497 e. The van der Waals surface area contributed by atoms with E-state index in [1.165, 1.54) is 23.9 Å². The summed E-state index contributed by atoms with van der Waals surface area (Å²) in [7, 11) is 1.64. The zero-order valence-electron chi connectivity index (χ0n) is 17.0. The van der Waals surface area contributed by atoms with Gasteiger partial charge in [-0.25, -0.2) is 0 Å². The van der Waals surface area contributed by atoms with E-state index in [9.17, 15) is 14.9 Å². The van der Waals surface area contributed by atoms with Gasteiger partial charge in [-0.3, -0.25) is 19.8 Å². The molecule has 156 valence electrons. The highest BCUT2D eigenvalue weighted by atomic mass is 32.2. The molecule has 1 amide bonds. The van der Waals surface area contributed by atoms with E-state index >= 15 is 0 Å². The van der Waals surface area contributed by atoms with Crippen molar-refractivity contribution in [3.8, 4) is 5.75 Å². The van der Waals surface area contributed by atoms with Gasteiger partial charge in [0, 0.05) is 23.6 Å². The molecule has 0 fully saturated rings. The summed E-state index contributed by atoms with van der Waals surface area (Å²) in [5.41, 5.74) is 1.13. The Bertz CT molecular complexity index is 810. The molecule has 1 N–H and O–H groups in total. The van der Waals surface area contributed by atoms with Crippen LogP contribution >= 0.6 is 11.8 Å². The third-order valence-electron chi connectivity index (χ3n) is 4.64. The van der Waals surface area contributed by atoms with E-state index in [2.05, 4.69) is 24.1 Å². The Morgan fingerprint density at radius 3 is 2.48 bits per heavy atom. The highest BCUT2D eigenvalue weighted by molar-refractivity contribution is 8.00. The molecule has 0 aromatic heterocycles. The lowest BCUT2D eigenvalue weighted by molar-refractivity contribution is -0.384. The number of thioether (sulfide) groups is 1. The van der Waals surface area contributed by atoms with Gasteiger partial charge in [0.1, 0.15) is 5.75 Å². The fourth-order valence-corrected chi connectivity index (χ4v) is 3.77. The second kappa shape index (κ2) is 11.4. The van der Waals surface area contributed by atoms with E-state index < -0.39 is 4.92 Å². The first kappa shape index (κ1) is 22.7. The minimum atomic E-state index is -0.437. The number of nitrogens with zero attached hydrogens (tertiary/aromatic N) is 2. The second-order valence-electron chi connectivity index (χ2n) is 6.36. The number of likely N-dealkylation sites (N-methyl/N-ethyl adjacent to an activating group) is 1. The molecule has 0 bridgehead atoms. The van der Waals surface area contributed by atoms with E-state index in [0.717, 1.165) is 29.3 Å². The number of nitrogens with one attached hydrogen (secondary N) is 1. The first-order chi connectivity index (χ1) is 14.0. The maximum Gasteiger partial charge on any atom is 0.269 e. The van der Waals surface area contributed by atoms with E-state index in [1.807, 2.05) is 24.3 Å². The lowest BCUT2D eigenvalue weighted by atomic mass is 10.0. The Balaban J connectivity index is 1.96. The molecule has 2 aromatic rings. The highest BCUT2D eigenvalue weighted by Gasteiger charge is 2.19. The Morgan fingerprint density at radius 2 is 1.90 bits per heavy atom. The largest absolute Gasteiger partial charge is 0.497 e. The molecule has 2 aromatic carbocycles. The normalized spacial score (nSPS) is 11.9. The fourth-order valence-electron chi connectivity index (χ4n) is 3.05. The Morgan fingerprint density at radius 1 is 1.21 bits per heavy atom. The number of carbonyl (C=O) groups is 1. The van der Waals surface area contributed by atoms with Crippen molar-refractivity contribution in [1.82, 2.24) is 10.2 Å². The van der Waals surface area contributed by atoms with Crippen molar-refractivity contribution >= 4 is 23.4 Å². The molecule has 0 aliphatic carbocycles. The van der Waals surface area contributed by atoms with Gasteiger partial charge in [-0.05, 0) is 42.9 Å². The standard InChI is InChI=1S/C21H27N3O4S/c1-4-23(5-2)20(16-7-6-8-18(13-16)28-3)14-22-21(25)15-29-19-11-9-17(10-12-19)24(26)27/h6-13,20H,4-5,14-15H2,1-3H3,(H,22,25). The average molecular weight is 418 g/mol. The van der Waals surface area contributed by atoms with Gasteiger partial charge in [0.15, 0.2) is 0 Å². The van der Waals surface area contributed by atoms with Crippen LogP contribution in [-0.2, 0) is 4.79 Å². The number of carbonyl (C=O) groups excluding carboxylic acids is 1. The van der Waals surface area contributed by atoms with Crippen LogP contribution in [0.1, 0.15) is 25.5 Å². The van der Waals surface area contributed by atoms with Crippen molar-refractivity contribution in [3.63, 3.8) is 0 Å².